The van der Waals surface area contributed by atoms with Crippen LogP contribution in [0.5, 0.6) is 0 Å². The molecule has 1 saturated heterocycles. The molecule has 1 aliphatic carbocycles. The minimum Gasteiger partial charge on any atom is -0.480 e. The summed E-state index contributed by atoms with van der Waals surface area (Å²) in [5, 5.41) is 9.13. The summed E-state index contributed by atoms with van der Waals surface area (Å²) in [7, 11) is 0. The van der Waals surface area contributed by atoms with Gasteiger partial charge in [-0.3, -0.25) is 9.69 Å². The average molecular weight is 213 g/mol. The molecule has 2 atom stereocenters. The Labute approximate surface area is 90.2 Å². The third-order valence-electron chi connectivity index (χ3n) is 3.47. The Balaban J connectivity index is 2.04. The van der Waals surface area contributed by atoms with Crippen LogP contribution in [0.25, 0.3) is 0 Å². The van der Waals surface area contributed by atoms with Crippen molar-refractivity contribution in [3.63, 3.8) is 0 Å². The Morgan fingerprint density at radius 2 is 2.33 bits per heavy atom. The molecule has 4 nitrogen and oxygen atoms in total. The molecule has 2 unspecified atom stereocenters. The van der Waals surface area contributed by atoms with Gasteiger partial charge in [0.2, 0.25) is 0 Å². The number of carbonyl (C=O) groups is 1. The summed E-state index contributed by atoms with van der Waals surface area (Å²) in [6.07, 6.45) is 3.58. The largest absolute Gasteiger partial charge is 0.480 e. The van der Waals surface area contributed by atoms with Gasteiger partial charge in [0, 0.05) is 12.6 Å². The van der Waals surface area contributed by atoms with E-state index in [0.29, 0.717) is 19.3 Å². The van der Waals surface area contributed by atoms with Crippen molar-refractivity contribution in [3.8, 4) is 0 Å². The lowest BCUT2D eigenvalue weighted by molar-refractivity contribution is -0.152. The number of hydrogen-bond donors (Lipinski definition) is 1. The van der Waals surface area contributed by atoms with Crippen LogP contribution in [0.4, 0.5) is 0 Å². The first kappa shape index (κ1) is 10.9. The highest BCUT2D eigenvalue weighted by molar-refractivity contribution is 5.73. The second kappa shape index (κ2) is 4.49. The van der Waals surface area contributed by atoms with Crippen molar-refractivity contribution in [2.45, 2.75) is 38.3 Å². The Bertz CT molecular complexity index is 240. The molecule has 1 N–H and O–H groups in total. The summed E-state index contributed by atoms with van der Waals surface area (Å²) in [4.78, 5) is 13.2. The molecule has 1 heterocycles. The maximum absolute atomic E-state index is 11.1. The number of morpholine rings is 1. The van der Waals surface area contributed by atoms with Gasteiger partial charge in [-0.05, 0) is 25.2 Å². The van der Waals surface area contributed by atoms with E-state index in [0.717, 1.165) is 18.9 Å². The molecule has 0 radical (unpaired) electrons. The number of rotatable bonds is 4. The van der Waals surface area contributed by atoms with Gasteiger partial charge in [-0.25, -0.2) is 0 Å². The van der Waals surface area contributed by atoms with Crippen LogP contribution in [-0.4, -0.2) is 47.8 Å². The minimum atomic E-state index is -0.742. The van der Waals surface area contributed by atoms with Crippen LogP contribution < -0.4 is 0 Å². The van der Waals surface area contributed by atoms with Crippen molar-refractivity contribution in [1.82, 2.24) is 4.90 Å². The molecule has 0 aromatic carbocycles. The van der Waals surface area contributed by atoms with Gasteiger partial charge in [0.1, 0.15) is 6.04 Å². The molecule has 2 rings (SSSR count). The number of carboxylic acids is 1. The molecule has 15 heavy (non-hydrogen) atoms. The van der Waals surface area contributed by atoms with E-state index in [-0.39, 0.29) is 0 Å². The summed E-state index contributed by atoms with van der Waals surface area (Å²) in [5.41, 5.74) is 0. The standard InChI is InChI=1S/C11H19NO3/c1-2-9(8-3-4-8)12-5-6-15-7-10(12)11(13)14/h8-10H,2-7H2,1H3,(H,13,14). The van der Waals surface area contributed by atoms with Crippen molar-refractivity contribution in [3.05, 3.63) is 0 Å². The third-order valence-corrected chi connectivity index (χ3v) is 3.47. The topological polar surface area (TPSA) is 49.8 Å². The fourth-order valence-electron chi connectivity index (χ4n) is 2.55. The molecule has 0 spiro atoms. The monoisotopic (exact) mass is 213 g/mol. The van der Waals surface area contributed by atoms with Gasteiger partial charge < -0.3 is 9.84 Å². The number of nitrogens with zero attached hydrogens (tertiary/aromatic N) is 1. The van der Waals surface area contributed by atoms with Crippen molar-refractivity contribution in [2.75, 3.05) is 19.8 Å². The van der Waals surface area contributed by atoms with Crippen molar-refractivity contribution < 1.29 is 14.6 Å². The highest BCUT2D eigenvalue weighted by Crippen LogP contribution is 2.37. The number of ether oxygens (including phenoxy) is 1. The Hall–Kier alpha value is -0.610. The van der Waals surface area contributed by atoms with Crippen LogP contribution in [0, 0.1) is 5.92 Å². The fraction of sp³-hybridized carbons (Fsp3) is 0.909. The predicted octanol–water partition coefficient (Wildman–Crippen LogP) is 0.960. The first-order valence-corrected chi connectivity index (χ1v) is 5.80. The highest BCUT2D eigenvalue weighted by atomic mass is 16.5. The van der Waals surface area contributed by atoms with E-state index in [9.17, 15) is 4.79 Å². The molecular weight excluding hydrogens is 194 g/mol. The average Bonchev–Trinajstić information content (AvgIpc) is 3.04. The van der Waals surface area contributed by atoms with Crippen molar-refractivity contribution in [1.29, 1.82) is 0 Å². The minimum absolute atomic E-state index is 0.346. The second-order valence-corrected chi connectivity index (χ2v) is 4.48. The zero-order valence-electron chi connectivity index (χ0n) is 9.19. The summed E-state index contributed by atoms with van der Waals surface area (Å²) in [5.74, 6) is -0.0104. The lowest BCUT2D eigenvalue weighted by Crippen LogP contribution is -2.54. The van der Waals surface area contributed by atoms with Gasteiger partial charge in [0.15, 0.2) is 0 Å². The summed E-state index contributed by atoms with van der Waals surface area (Å²) in [6, 6.07) is 0.0271. The van der Waals surface area contributed by atoms with Crippen LogP contribution in [0.1, 0.15) is 26.2 Å². The SMILES string of the molecule is CCC(C1CC1)N1CCOCC1C(=O)O. The van der Waals surface area contributed by atoms with E-state index in [1.807, 2.05) is 0 Å². The van der Waals surface area contributed by atoms with E-state index >= 15 is 0 Å². The molecule has 1 aliphatic heterocycles. The third kappa shape index (κ3) is 2.32. The molecule has 0 aromatic rings. The van der Waals surface area contributed by atoms with Gasteiger partial charge in [0.25, 0.3) is 0 Å². The molecular formula is C11H19NO3. The van der Waals surface area contributed by atoms with E-state index in [2.05, 4.69) is 11.8 Å². The van der Waals surface area contributed by atoms with Crippen LogP contribution in [-0.2, 0) is 9.53 Å². The molecule has 2 aliphatic rings. The molecule has 0 amide bonds. The fourth-order valence-corrected chi connectivity index (χ4v) is 2.55. The molecule has 0 aromatic heterocycles. The quantitative estimate of drug-likeness (QED) is 0.755. The van der Waals surface area contributed by atoms with E-state index < -0.39 is 12.0 Å². The van der Waals surface area contributed by atoms with E-state index in [1.165, 1.54) is 12.8 Å². The molecule has 1 saturated carbocycles. The van der Waals surface area contributed by atoms with Gasteiger partial charge >= 0.3 is 5.97 Å². The van der Waals surface area contributed by atoms with Crippen molar-refractivity contribution in [2.24, 2.45) is 5.92 Å². The maximum Gasteiger partial charge on any atom is 0.323 e. The normalized spacial score (nSPS) is 30.1. The van der Waals surface area contributed by atoms with Gasteiger partial charge in [-0.1, -0.05) is 6.92 Å². The van der Waals surface area contributed by atoms with Gasteiger partial charge in [0.05, 0.1) is 13.2 Å². The first-order valence-electron chi connectivity index (χ1n) is 5.80. The maximum atomic E-state index is 11.1. The Morgan fingerprint density at radius 1 is 1.60 bits per heavy atom. The molecule has 4 heteroatoms. The number of hydrogen-bond acceptors (Lipinski definition) is 3. The highest BCUT2D eigenvalue weighted by Gasteiger charge is 2.40. The second-order valence-electron chi connectivity index (χ2n) is 4.48. The molecule has 86 valence electrons. The Kier molecular flexibility index (Phi) is 3.26. The van der Waals surface area contributed by atoms with Crippen LogP contribution in [0.2, 0.25) is 0 Å². The zero-order chi connectivity index (χ0) is 10.8. The van der Waals surface area contributed by atoms with Crippen LogP contribution in [0.15, 0.2) is 0 Å². The van der Waals surface area contributed by atoms with Crippen molar-refractivity contribution >= 4 is 5.97 Å². The number of aliphatic carboxylic acids is 1. The Morgan fingerprint density at radius 3 is 2.87 bits per heavy atom. The predicted molar refractivity (Wildman–Crippen MR) is 55.8 cm³/mol. The van der Waals surface area contributed by atoms with Crippen LogP contribution >= 0.6 is 0 Å². The summed E-state index contributed by atoms with van der Waals surface area (Å²) in [6.45, 7) is 3.94. The summed E-state index contributed by atoms with van der Waals surface area (Å²) < 4.78 is 5.25. The smallest absolute Gasteiger partial charge is 0.323 e. The van der Waals surface area contributed by atoms with E-state index in [4.69, 9.17) is 9.84 Å². The molecule has 2 fully saturated rings. The van der Waals surface area contributed by atoms with Gasteiger partial charge in [-0.15, -0.1) is 0 Å². The lowest BCUT2D eigenvalue weighted by Gasteiger charge is -2.38. The first-order chi connectivity index (χ1) is 7.24. The van der Waals surface area contributed by atoms with Gasteiger partial charge in [-0.2, -0.15) is 0 Å². The van der Waals surface area contributed by atoms with Crippen LogP contribution in [0.3, 0.4) is 0 Å². The zero-order valence-corrected chi connectivity index (χ0v) is 9.19. The number of carboxylic acid groups (broad SMARTS) is 1. The molecule has 0 bridgehead atoms. The lowest BCUT2D eigenvalue weighted by atomic mass is 10.0. The summed E-state index contributed by atoms with van der Waals surface area (Å²) >= 11 is 0. The van der Waals surface area contributed by atoms with E-state index in [1.54, 1.807) is 0 Å².